The van der Waals surface area contributed by atoms with Gasteiger partial charge in [-0.15, -0.1) is 0 Å². The third kappa shape index (κ3) is 5.75. The van der Waals surface area contributed by atoms with Crippen molar-refractivity contribution in [3.05, 3.63) is 53.6 Å². The van der Waals surface area contributed by atoms with E-state index in [9.17, 15) is 31.1 Å². The number of anilines is 2. The summed E-state index contributed by atoms with van der Waals surface area (Å²) in [6, 6.07) is 8.14. The van der Waals surface area contributed by atoms with Gasteiger partial charge in [-0.3, -0.25) is 4.90 Å². The van der Waals surface area contributed by atoms with E-state index in [0.717, 1.165) is 37.6 Å². The largest absolute Gasteiger partial charge is 0.497 e. The SMILES string of the molecule is COc1cccc(N2CCN(C3CN(C(=O)Nc4cc(C(F)(F)F)cc(C(F)(F)F)c4)C3)CC2)c1. The van der Waals surface area contributed by atoms with E-state index >= 15 is 0 Å². The Morgan fingerprint density at radius 2 is 1.51 bits per heavy atom. The number of nitrogens with zero attached hydrogens (tertiary/aromatic N) is 3. The van der Waals surface area contributed by atoms with Gasteiger partial charge in [-0.1, -0.05) is 6.07 Å². The number of hydrogen-bond acceptors (Lipinski definition) is 4. The highest BCUT2D eigenvalue weighted by molar-refractivity contribution is 5.90. The second kappa shape index (κ2) is 9.48. The second-order valence-corrected chi connectivity index (χ2v) is 8.51. The van der Waals surface area contributed by atoms with Crippen LogP contribution in [-0.2, 0) is 12.4 Å². The molecule has 2 saturated heterocycles. The number of benzene rings is 2. The minimum absolute atomic E-state index is 0.0283. The van der Waals surface area contributed by atoms with E-state index in [1.54, 1.807) is 7.11 Å². The van der Waals surface area contributed by atoms with Crippen molar-refractivity contribution in [1.82, 2.24) is 9.80 Å². The average Bonchev–Trinajstić information content (AvgIpc) is 2.77. The van der Waals surface area contributed by atoms with Crippen LogP contribution in [0.25, 0.3) is 0 Å². The molecule has 0 aliphatic carbocycles. The molecule has 6 nitrogen and oxygen atoms in total. The number of amides is 2. The van der Waals surface area contributed by atoms with E-state index < -0.39 is 35.2 Å². The number of carbonyl (C=O) groups excluding carboxylic acids is 1. The molecule has 0 bridgehead atoms. The Kier molecular flexibility index (Phi) is 6.76. The number of carbonyl (C=O) groups is 1. The molecule has 0 spiro atoms. The fraction of sp³-hybridized carbons (Fsp3) is 0.435. The van der Waals surface area contributed by atoms with Gasteiger partial charge in [0.25, 0.3) is 0 Å². The molecule has 35 heavy (non-hydrogen) atoms. The molecule has 2 aromatic carbocycles. The smallest absolute Gasteiger partial charge is 0.416 e. The van der Waals surface area contributed by atoms with Crippen molar-refractivity contribution in [1.29, 1.82) is 0 Å². The van der Waals surface area contributed by atoms with Crippen LogP contribution in [0.5, 0.6) is 5.75 Å². The molecule has 2 amide bonds. The number of ether oxygens (including phenoxy) is 1. The molecule has 2 aromatic rings. The number of hydrogen-bond donors (Lipinski definition) is 1. The van der Waals surface area contributed by atoms with Crippen molar-refractivity contribution in [3.63, 3.8) is 0 Å². The van der Waals surface area contributed by atoms with Crippen LogP contribution in [0.15, 0.2) is 42.5 Å². The quantitative estimate of drug-likeness (QED) is 0.612. The predicted molar refractivity (Wildman–Crippen MR) is 118 cm³/mol. The highest BCUT2D eigenvalue weighted by atomic mass is 19.4. The van der Waals surface area contributed by atoms with Crippen LogP contribution >= 0.6 is 0 Å². The van der Waals surface area contributed by atoms with E-state index in [1.165, 1.54) is 4.90 Å². The zero-order valence-electron chi connectivity index (χ0n) is 18.8. The lowest BCUT2D eigenvalue weighted by molar-refractivity contribution is -0.143. The summed E-state index contributed by atoms with van der Waals surface area (Å²) in [5, 5.41) is 2.18. The van der Waals surface area contributed by atoms with Gasteiger partial charge in [-0.25, -0.2) is 4.79 Å². The van der Waals surface area contributed by atoms with Gasteiger partial charge in [0.2, 0.25) is 0 Å². The zero-order chi connectivity index (χ0) is 25.4. The molecule has 1 N–H and O–H groups in total. The molecule has 0 aromatic heterocycles. The van der Waals surface area contributed by atoms with Gasteiger partial charge in [0.15, 0.2) is 0 Å². The second-order valence-electron chi connectivity index (χ2n) is 8.51. The Bertz CT molecular complexity index is 1030. The number of methoxy groups -OCH3 is 1. The summed E-state index contributed by atoms with van der Waals surface area (Å²) in [5.74, 6) is 0.772. The fourth-order valence-electron chi connectivity index (χ4n) is 4.23. The number of likely N-dealkylation sites (tertiary alicyclic amines) is 1. The summed E-state index contributed by atoms with van der Waals surface area (Å²) in [5.41, 5.74) is -2.44. The van der Waals surface area contributed by atoms with E-state index in [-0.39, 0.29) is 12.1 Å². The van der Waals surface area contributed by atoms with Crippen LogP contribution in [0.4, 0.5) is 42.5 Å². The number of alkyl halides is 6. The number of nitrogens with one attached hydrogen (secondary N) is 1. The molecular weight excluding hydrogens is 478 g/mol. The number of rotatable bonds is 4. The standard InChI is InChI=1S/C23H24F6N4O2/c1-35-20-4-2-3-18(12-20)31-5-7-32(8-6-31)19-13-33(14-19)21(34)30-17-10-15(22(24,25)26)9-16(11-17)23(27,28)29/h2-4,9-12,19H,5-8,13-14H2,1H3,(H,30,34). The average molecular weight is 502 g/mol. The summed E-state index contributed by atoms with van der Waals surface area (Å²) < 4.78 is 83.5. The normalized spacial score (nSPS) is 17.8. The molecular formula is C23H24F6N4O2. The third-order valence-corrected chi connectivity index (χ3v) is 6.24. The van der Waals surface area contributed by atoms with Crippen LogP contribution in [-0.4, -0.2) is 68.3 Å². The van der Waals surface area contributed by atoms with Crippen LogP contribution in [0.3, 0.4) is 0 Å². The topological polar surface area (TPSA) is 48.1 Å². The summed E-state index contributed by atoms with van der Waals surface area (Å²) >= 11 is 0. The maximum Gasteiger partial charge on any atom is 0.416 e. The van der Waals surface area contributed by atoms with E-state index in [2.05, 4.69) is 15.1 Å². The molecule has 2 aliphatic rings. The maximum atomic E-state index is 13.0. The highest BCUT2D eigenvalue weighted by Gasteiger charge is 2.39. The molecule has 190 valence electrons. The van der Waals surface area contributed by atoms with Gasteiger partial charge in [0.05, 0.1) is 18.2 Å². The van der Waals surface area contributed by atoms with Gasteiger partial charge in [-0.05, 0) is 30.3 Å². The summed E-state index contributed by atoms with van der Waals surface area (Å²) in [4.78, 5) is 18.3. The Morgan fingerprint density at radius 1 is 0.914 bits per heavy atom. The Labute approximate surface area is 198 Å². The van der Waals surface area contributed by atoms with Gasteiger partial charge >= 0.3 is 18.4 Å². The van der Waals surface area contributed by atoms with Crippen LogP contribution in [0.2, 0.25) is 0 Å². The molecule has 2 aliphatic heterocycles. The molecule has 12 heteroatoms. The van der Waals surface area contributed by atoms with E-state index in [0.29, 0.717) is 25.2 Å². The van der Waals surface area contributed by atoms with Crippen LogP contribution in [0.1, 0.15) is 11.1 Å². The van der Waals surface area contributed by atoms with Crippen molar-refractivity contribution in [2.24, 2.45) is 0 Å². The number of halogens is 6. The van der Waals surface area contributed by atoms with Crippen molar-refractivity contribution in [2.45, 2.75) is 18.4 Å². The van der Waals surface area contributed by atoms with Gasteiger partial charge in [0, 0.05) is 62.8 Å². The highest BCUT2D eigenvalue weighted by Crippen LogP contribution is 2.37. The first-order valence-corrected chi connectivity index (χ1v) is 10.9. The minimum atomic E-state index is -4.98. The number of piperazine rings is 1. The molecule has 0 atom stereocenters. The molecule has 4 rings (SSSR count). The van der Waals surface area contributed by atoms with Gasteiger partial charge in [0.1, 0.15) is 5.75 Å². The molecule has 2 heterocycles. The van der Waals surface area contributed by atoms with Crippen LogP contribution in [0, 0.1) is 0 Å². The van der Waals surface area contributed by atoms with Crippen molar-refractivity contribution < 1.29 is 35.9 Å². The van der Waals surface area contributed by atoms with Crippen molar-refractivity contribution in [2.75, 3.05) is 56.6 Å². The van der Waals surface area contributed by atoms with Crippen molar-refractivity contribution >= 4 is 17.4 Å². The van der Waals surface area contributed by atoms with Crippen molar-refractivity contribution in [3.8, 4) is 5.75 Å². The Hall–Kier alpha value is -3.15. The van der Waals surface area contributed by atoms with E-state index in [1.807, 2.05) is 24.3 Å². The molecule has 0 radical (unpaired) electrons. The first-order chi connectivity index (χ1) is 16.4. The lowest BCUT2D eigenvalue weighted by Gasteiger charge is -2.48. The molecule has 0 unspecified atom stereocenters. The van der Waals surface area contributed by atoms with Gasteiger partial charge < -0.3 is 19.9 Å². The third-order valence-electron chi connectivity index (χ3n) is 6.24. The minimum Gasteiger partial charge on any atom is -0.497 e. The summed E-state index contributed by atoms with van der Waals surface area (Å²) in [6.45, 7) is 3.77. The lowest BCUT2D eigenvalue weighted by Crippen LogP contribution is -2.64. The zero-order valence-corrected chi connectivity index (χ0v) is 18.8. The lowest BCUT2D eigenvalue weighted by atomic mass is 10.1. The Balaban J connectivity index is 1.31. The predicted octanol–water partition coefficient (Wildman–Crippen LogP) is 4.77. The summed E-state index contributed by atoms with van der Waals surface area (Å²) in [6.07, 6.45) is -9.95. The first kappa shape index (κ1) is 25.0. The molecule has 0 saturated carbocycles. The Morgan fingerprint density at radius 3 is 2.06 bits per heavy atom. The first-order valence-electron chi connectivity index (χ1n) is 10.9. The fourth-order valence-corrected chi connectivity index (χ4v) is 4.23. The van der Waals surface area contributed by atoms with E-state index in [4.69, 9.17) is 4.74 Å². The maximum absolute atomic E-state index is 13.0. The van der Waals surface area contributed by atoms with Gasteiger partial charge in [-0.2, -0.15) is 26.3 Å². The number of urea groups is 1. The monoisotopic (exact) mass is 502 g/mol. The molecule has 2 fully saturated rings. The summed E-state index contributed by atoms with van der Waals surface area (Å²) in [7, 11) is 1.61. The van der Waals surface area contributed by atoms with Crippen LogP contribution < -0.4 is 15.0 Å².